The van der Waals surface area contributed by atoms with Crippen molar-refractivity contribution in [3.63, 3.8) is 0 Å². The van der Waals surface area contributed by atoms with E-state index >= 15 is 0 Å². The molecular formula is C7H16ClNOS. The summed E-state index contributed by atoms with van der Waals surface area (Å²) in [6.07, 6.45) is 2.09. The lowest BCUT2D eigenvalue weighted by Crippen LogP contribution is -2.36. The lowest BCUT2D eigenvalue weighted by molar-refractivity contribution is 0.174. The summed E-state index contributed by atoms with van der Waals surface area (Å²) in [6, 6.07) is 0.300. The topological polar surface area (TPSA) is 21.3 Å². The molecule has 0 spiro atoms. The molecule has 2 nitrogen and oxygen atoms in total. The molecule has 0 rings (SSSR count). The molecule has 4 heteroatoms. The summed E-state index contributed by atoms with van der Waals surface area (Å²) in [7, 11) is 1.69. The number of alkyl halides is 1. The maximum Gasteiger partial charge on any atom is 0.0627 e. The fourth-order valence-corrected chi connectivity index (χ4v) is 1.24. The highest BCUT2D eigenvalue weighted by molar-refractivity contribution is 7.98. The lowest BCUT2D eigenvalue weighted by Gasteiger charge is -2.13. The number of nitrogens with one attached hydrogen (secondary N) is 1. The molecule has 0 saturated carbocycles. The van der Waals surface area contributed by atoms with Crippen molar-refractivity contribution in [2.75, 3.05) is 38.2 Å². The van der Waals surface area contributed by atoms with Crippen molar-refractivity contribution >= 4 is 23.4 Å². The molecule has 1 atom stereocenters. The Morgan fingerprint density at radius 2 is 2.36 bits per heavy atom. The van der Waals surface area contributed by atoms with Crippen LogP contribution in [0.15, 0.2) is 0 Å². The molecule has 11 heavy (non-hydrogen) atoms. The standard InChI is InChI=1S/C7H16ClNOS/c1-10-6-7(5-8)9-3-4-11-2/h7,9H,3-6H2,1-2H3. The molecule has 0 saturated heterocycles. The van der Waals surface area contributed by atoms with E-state index < -0.39 is 0 Å². The molecule has 68 valence electrons. The average Bonchev–Trinajstić information content (AvgIpc) is 2.03. The molecule has 0 bridgehead atoms. The van der Waals surface area contributed by atoms with Gasteiger partial charge >= 0.3 is 0 Å². The third kappa shape index (κ3) is 6.94. The zero-order chi connectivity index (χ0) is 8.53. The number of thioether (sulfide) groups is 1. The second-order valence-corrected chi connectivity index (χ2v) is 3.55. The van der Waals surface area contributed by atoms with Gasteiger partial charge in [0.25, 0.3) is 0 Å². The predicted octanol–water partition coefficient (Wildman–Crippen LogP) is 1.19. The largest absolute Gasteiger partial charge is 0.383 e. The molecule has 1 N–H and O–H groups in total. The van der Waals surface area contributed by atoms with Gasteiger partial charge < -0.3 is 10.1 Å². The number of halogens is 1. The molecule has 0 fully saturated rings. The minimum absolute atomic E-state index is 0.300. The van der Waals surface area contributed by atoms with E-state index in [1.807, 2.05) is 11.8 Å². The Hall–Kier alpha value is 0.560. The summed E-state index contributed by atoms with van der Waals surface area (Å²) in [5, 5.41) is 3.29. The Morgan fingerprint density at radius 3 is 2.82 bits per heavy atom. The van der Waals surface area contributed by atoms with Gasteiger partial charge in [0.05, 0.1) is 6.61 Å². The summed E-state index contributed by atoms with van der Waals surface area (Å²) in [4.78, 5) is 0. The number of hydrogen-bond donors (Lipinski definition) is 1. The van der Waals surface area contributed by atoms with Crippen LogP contribution in [0.4, 0.5) is 0 Å². The van der Waals surface area contributed by atoms with Gasteiger partial charge in [-0.25, -0.2) is 0 Å². The molecule has 0 amide bonds. The third-order valence-electron chi connectivity index (χ3n) is 1.29. The highest BCUT2D eigenvalue weighted by atomic mass is 35.5. The molecule has 0 aromatic rings. The van der Waals surface area contributed by atoms with Gasteiger partial charge in [-0.15, -0.1) is 11.6 Å². The first-order chi connectivity index (χ1) is 5.35. The number of methoxy groups -OCH3 is 1. The molecular weight excluding hydrogens is 182 g/mol. The maximum absolute atomic E-state index is 5.68. The molecule has 1 unspecified atom stereocenters. The van der Waals surface area contributed by atoms with E-state index in [1.165, 1.54) is 0 Å². The normalized spacial score (nSPS) is 13.4. The van der Waals surface area contributed by atoms with Crippen LogP contribution in [-0.2, 0) is 4.74 Å². The van der Waals surface area contributed by atoms with Crippen LogP contribution in [0.5, 0.6) is 0 Å². The minimum Gasteiger partial charge on any atom is -0.383 e. The second-order valence-electron chi connectivity index (χ2n) is 2.25. The zero-order valence-electron chi connectivity index (χ0n) is 7.10. The van der Waals surface area contributed by atoms with Gasteiger partial charge in [-0.1, -0.05) is 0 Å². The van der Waals surface area contributed by atoms with Crippen molar-refractivity contribution in [1.29, 1.82) is 0 Å². The number of rotatable bonds is 7. The number of hydrogen-bond acceptors (Lipinski definition) is 3. The highest BCUT2D eigenvalue weighted by Gasteiger charge is 2.03. The Balaban J connectivity index is 3.20. The van der Waals surface area contributed by atoms with Crippen LogP contribution in [0.2, 0.25) is 0 Å². The summed E-state index contributed by atoms with van der Waals surface area (Å²) in [5.74, 6) is 1.74. The molecule has 0 aliphatic carbocycles. The maximum atomic E-state index is 5.68. The first kappa shape index (κ1) is 11.6. The predicted molar refractivity (Wildman–Crippen MR) is 52.8 cm³/mol. The van der Waals surface area contributed by atoms with E-state index in [0.717, 1.165) is 12.3 Å². The van der Waals surface area contributed by atoms with E-state index in [4.69, 9.17) is 16.3 Å². The molecule has 0 aliphatic rings. The summed E-state index contributed by atoms with van der Waals surface area (Å²) in [6.45, 7) is 1.69. The van der Waals surface area contributed by atoms with Gasteiger partial charge in [-0.2, -0.15) is 11.8 Å². The minimum atomic E-state index is 0.300. The molecule has 0 aromatic carbocycles. The van der Waals surface area contributed by atoms with Crippen molar-refractivity contribution in [3.05, 3.63) is 0 Å². The van der Waals surface area contributed by atoms with Crippen LogP contribution in [0.25, 0.3) is 0 Å². The Morgan fingerprint density at radius 1 is 1.64 bits per heavy atom. The lowest BCUT2D eigenvalue weighted by atomic mass is 10.3. The van der Waals surface area contributed by atoms with Gasteiger partial charge in [0, 0.05) is 31.3 Å². The van der Waals surface area contributed by atoms with Gasteiger partial charge in [-0.05, 0) is 6.26 Å². The Kier molecular flexibility index (Phi) is 9.10. The first-order valence-electron chi connectivity index (χ1n) is 3.62. The van der Waals surface area contributed by atoms with Crippen LogP contribution >= 0.6 is 23.4 Å². The van der Waals surface area contributed by atoms with E-state index in [9.17, 15) is 0 Å². The van der Waals surface area contributed by atoms with E-state index in [1.54, 1.807) is 7.11 Å². The molecule has 0 aliphatic heterocycles. The van der Waals surface area contributed by atoms with Gasteiger partial charge in [-0.3, -0.25) is 0 Å². The number of ether oxygens (including phenoxy) is 1. The fraction of sp³-hybridized carbons (Fsp3) is 1.00. The van der Waals surface area contributed by atoms with Gasteiger partial charge in [0.15, 0.2) is 0 Å². The van der Waals surface area contributed by atoms with Crippen molar-refractivity contribution in [2.45, 2.75) is 6.04 Å². The second kappa shape index (κ2) is 8.65. The van der Waals surface area contributed by atoms with Crippen LogP contribution in [-0.4, -0.2) is 44.2 Å². The van der Waals surface area contributed by atoms with Crippen molar-refractivity contribution in [1.82, 2.24) is 5.32 Å². The summed E-state index contributed by atoms with van der Waals surface area (Å²) in [5.41, 5.74) is 0. The Labute approximate surface area is 78.0 Å². The van der Waals surface area contributed by atoms with E-state index in [2.05, 4.69) is 11.6 Å². The summed E-state index contributed by atoms with van der Waals surface area (Å²) >= 11 is 7.50. The summed E-state index contributed by atoms with van der Waals surface area (Å²) < 4.78 is 4.97. The van der Waals surface area contributed by atoms with Crippen molar-refractivity contribution in [2.24, 2.45) is 0 Å². The van der Waals surface area contributed by atoms with Crippen molar-refractivity contribution < 1.29 is 4.74 Å². The first-order valence-corrected chi connectivity index (χ1v) is 5.55. The van der Waals surface area contributed by atoms with Crippen LogP contribution in [0.3, 0.4) is 0 Å². The van der Waals surface area contributed by atoms with E-state index in [-0.39, 0.29) is 0 Å². The van der Waals surface area contributed by atoms with Crippen LogP contribution < -0.4 is 5.32 Å². The quantitative estimate of drug-likeness (QED) is 0.490. The monoisotopic (exact) mass is 197 g/mol. The zero-order valence-corrected chi connectivity index (χ0v) is 8.67. The third-order valence-corrected chi connectivity index (χ3v) is 2.28. The van der Waals surface area contributed by atoms with Crippen LogP contribution in [0.1, 0.15) is 0 Å². The molecule has 0 aromatic heterocycles. The Bertz CT molecular complexity index is 84.8. The van der Waals surface area contributed by atoms with Crippen molar-refractivity contribution in [3.8, 4) is 0 Å². The average molecular weight is 198 g/mol. The SMILES string of the molecule is COCC(CCl)NCCSC. The fourth-order valence-electron chi connectivity index (χ4n) is 0.724. The highest BCUT2D eigenvalue weighted by Crippen LogP contribution is 1.92. The van der Waals surface area contributed by atoms with E-state index in [0.29, 0.717) is 18.5 Å². The van der Waals surface area contributed by atoms with Gasteiger partial charge in [0.2, 0.25) is 0 Å². The van der Waals surface area contributed by atoms with Gasteiger partial charge in [0.1, 0.15) is 0 Å². The smallest absolute Gasteiger partial charge is 0.0627 e. The van der Waals surface area contributed by atoms with Crippen LogP contribution in [0, 0.1) is 0 Å². The molecule has 0 radical (unpaired) electrons. The molecule has 0 heterocycles.